The molecule has 0 saturated heterocycles. The minimum atomic E-state index is -0.245. The van der Waals surface area contributed by atoms with Gasteiger partial charge in [-0.3, -0.25) is 9.55 Å². The Hall–Kier alpha value is -5.21. The van der Waals surface area contributed by atoms with E-state index in [2.05, 4.69) is 111 Å². The van der Waals surface area contributed by atoms with Crippen molar-refractivity contribution in [2.45, 2.75) is 57.8 Å². The van der Waals surface area contributed by atoms with Crippen LogP contribution in [-0.2, 0) is 16.2 Å². The van der Waals surface area contributed by atoms with Crippen molar-refractivity contribution in [1.29, 1.82) is 5.26 Å². The zero-order chi connectivity index (χ0) is 31.0. The van der Waals surface area contributed by atoms with E-state index in [1.165, 1.54) is 50.4 Å². The number of rotatable bonds is 2. The van der Waals surface area contributed by atoms with Gasteiger partial charge in [-0.2, -0.15) is 5.26 Å². The fraction of sp³-hybridized carbons (Fsp3) is 0.225. The van der Waals surface area contributed by atoms with E-state index < -0.39 is 0 Å². The van der Waals surface area contributed by atoms with E-state index in [1.54, 1.807) is 0 Å². The van der Waals surface area contributed by atoms with Crippen LogP contribution in [0, 0.1) is 11.3 Å². The van der Waals surface area contributed by atoms with Gasteiger partial charge in [0.05, 0.1) is 40.4 Å². The Morgan fingerprint density at radius 3 is 1.69 bits per heavy atom. The molecule has 0 aliphatic carbocycles. The summed E-state index contributed by atoms with van der Waals surface area (Å²) in [6.07, 6.45) is 3.65. The van der Waals surface area contributed by atoms with Crippen LogP contribution in [0.1, 0.15) is 80.5 Å². The van der Waals surface area contributed by atoms with Crippen LogP contribution in [0.5, 0.6) is 0 Å². The summed E-state index contributed by atoms with van der Waals surface area (Å²) < 4.78 is 2.21. The molecule has 4 aromatic carbocycles. The standard InChI is InChI=1S/C40H33N5/c1-38(2)26-9-7-11-28-34(26)45-35-27(38)10-8-12-29(35)40(5,6)31-20-24(19-30(36(31)45)39(28,3)4)37-43-32-22-42-18-17-33(32)44(37)25-15-13-23(21-41)14-16-25/h7-20,22H,1-6H3. The quantitative estimate of drug-likeness (QED) is 0.204. The van der Waals surface area contributed by atoms with E-state index in [4.69, 9.17) is 4.98 Å². The van der Waals surface area contributed by atoms with Crippen molar-refractivity contribution in [3.8, 4) is 23.1 Å². The number of aromatic nitrogens is 3. The highest BCUT2D eigenvalue weighted by molar-refractivity contribution is 5.99. The lowest BCUT2D eigenvalue weighted by atomic mass is 9.60. The van der Waals surface area contributed by atoms with Crippen molar-refractivity contribution >= 4 is 28.1 Å². The lowest BCUT2D eigenvalue weighted by Crippen LogP contribution is -2.43. The van der Waals surface area contributed by atoms with Crippen molar-refractivity contribution in [1.82, 2.24) is 14.5 Å². The maximum atomic E-state index is 9.47. The molecule has 0 amide bonds. The molecule has 0 saturated carbocycles. The van der Waals surface area contributed by atoms with Crippen LogP contribution in [-0.4, -0.2) is 14.5 Å². The molecule has 5 heterocycles. The van der Waals surface area contributed by atoms with Gasteiger partial charge in [0.25, 0.3) is 0 Å². The molecule has 0 fully saturated rings. The highest BCUT2D eigenvalue weighted by atomic mass is 15.2. The van der Waals surface area contributed by atoms with Gasteiger partial charge in [0, 0.05) is 33.7 Å². The SMILES string of the molecule is CC1(C)c2cccc3c2N2c4c1cccc4C(C)(C)c1cc(-c4nc5cnccc5n4-c4ccc(C#N)cc4)cc(c12)C3(C)C. The second-order valence-electron chi connectivity index (χ2n) is 14.3. The molecule has 0 N–H and O–H groups in total. The fourth-order valence-corrected chi connectivity index (χ4v) is 8.39. The molecule has 0 unspecified atom stereocenters. The summed E-state index contributed by atoms with van der Waals surface area (Å²) in [5.74, 6) is 0.868. The molecule has 3 aliphatic heterocycles. The van der Waals surface area contributed by atoms with Gasteiger partial charge in [-0.1, -0.05) is 77.9 Å². The molecule has 3 aliphatic rings. The van der Waals surface area contributed by atoms with Crippen LogP contribution >= 0.6 is 0 Å². The zero-order valence-electron chi connectivity index (χ0n) is 26.4. The number of nitriles is 1. The smallest absolute Gasteiger partial charge is 0.145 e. The summed E-state index contributed by atoms with van der Waals surface area (Å²) >= 11 is 0. The van der Waals surface area contributed by atoms with Crippen molar-refractivity contribution in [3.05, 3.63) is 130 Å². The lowest BCUT2D eigenvalue weighted by Gasteiger charge is -2.55. The van der Waals surface area contributed by atoms with Crippen LogP contribution in [0.2, 0.25) is 0 Å². The number of para-hydroxylation sites is 2. The average molecular weight is 584 g/mol. The van der Waals surface area contributed by atoms with Crippen LogP contribution < -0.4 is 4.90 Å². The summed E-state index contributed by atoms with van der Waals surface area (Å²) in [7, 11) is 0. The van der Waals surface area contributed by atoms with E-state index in [0.29, 0.717) is 5.56 Å². The Morgan fingerprint density at radius 2 is 1.16 bits per heavy atom. The molecule has 2 aromatic heterocycles. The largest absolute Gasteiger partial charge is 0.309 e. The Kier molecular flexibility index (Phi) is 4.82. The first kappa shape index (κ1) is 26.2. The first-order valence-corrected chi connectivity index (χ1v) is 15.7. The second-order valence-corrected chi connectivity index (χ2v) is 14.3. The third-order valence-electron chi connectivity index (χ3n) is 10.9. The van der Waals surface area contributed by atoms with E-state index >= 15 is 0 Å². The molecule has 0 radical (unpaired) electrons. The van der Waals surface area contributed by atoms with Gasteiger partial charge in [0.1, 0.15) is 11.3 Å². The predicted molar refractivity (Wildman–Crippen MR) is 180 cm³/mol. The van der Waals surface area contributed by atoms with Gasteiger partial charge in [-0.15, -0.1) is 0 Å². The highest BCUT2D eigenvalue weighted by Gasteiger charge is 2.51. The molecule has 45 heavy (non-hydrogen) atoms. The number of anilines is 3. The van der Waals surface area contributed by atoms with Crippen LogP contribution in [0.25, 0.3) is 28.1 Å². The summed E-state index contributed by atoms with van der Waals surface area (Å²) in [5.41, 5.74) is 16.0. The number of imidazole rings is 1. The normalized spacial score (nSPS) is 17.1. The van der Waals surface area contributed by atoms with E-state index in [9.17, 15) is 5.26 Å². The predicted octanol–water partition coefficient (Wildman–Crippen LogP) is 9.35. The summed E-state index contributed by atoms with van der Waals surface area (Å²) in [4.78, 5) is 12.2. The number of pyridine rings is 1. The van der Waals surface area contributed by atoms with E-state index in [1.807, 2.05) is 42.7 Å². The van der Waals surface area contributed by atoms with Crippen LogP contribution in [0.3, 0.4) is 0 Å². The Labute approximate surface area is 263 Å². The summed E-state index contributed by atoms with van der Waals surface area (Å²) in [6.45, 7) is 14.3. The number of fused-ring (bicyclic) bond motifs is 1. The molecular formula is C40H33N5. The average Bonchev–Trinajstić information content (AvgIpc) is 3.43. The molecular weight excluding hydrogens is 550 g/mol. The number of hydrogen-bond donors (Lipinski definition) is 0. The maximum absolute atomic E-state index is 9.47. The van der Waals surface area contributed by atoms with E-state index in [-0.39, 0.29) is 16.2 Å². The van der Waals surface area contributed by atoms with E-state index in [0.717, 1.165) is 28.1 Å². The number of benzene rings is 4. The summed E-state index contributed by atoms with van der Waals surface area (Å²) in [6, 6.07) is 30.6. The lowest BCUT2D eigenvalue weighted by molar-refractivity contribution is 0.567. The minimum Gasteiger partial charge on any atom is -0.309 e. The Bertz CT molecular complexity index is 2220. The second kappa shape index (κ2) is 8.28. The van der Waals surface area contributed by atoms with Gasteiger partial charge in [0.15, 0.2) is 0 Å². The van der Waals surface area contributed by atoms with Crippen molar-refractivity contribution in [3.63, 3.8) is 0 Å². The van der Waals surface area contributed by atoms with Gasteiger partial charge >= 0.3 is 0 Å². The first-order chi connectivity index (χ1) is 21.5. The molecule has 0 atom stereocenters. The maximum Gasteiger partial charge on any atom is 0.145 e. The number of nitrogens with zero attached hydrogens (tertiary/aromatic N) is 5. The Morgan fingerprint density at radius 1 is 0.644 bits per heavy atom. The molecule has 0 bridgehead atoms. The first-order valence-electron chi connectivity index (χ1n) is 15.7. The Balaban J connectivity index is 1.40. The monoisotopic (exact) mass is 583 g/mol. The van der Waals surface area contributed by atoms with Crippen molar-refractivity contribution in [2.75, 3.05) is 4.90 Å². The molecule has 5 heteroatoms. The van der Waals surface area contributed by atoms with Gasteiger partial charge in [-0.25, -0.2) is 4.98 Å². The van der Waals surface area contributed by atoms with Crippen molar-refractivity contribution < 1.29 is 0 Å². The molecule has 0 spiro atoms. The molecule has 6 aromatic rings. The van der Waals surface area contributed by atoms with Gasteiger partial charge in [-0.05, 0) is 75.8 Å². The molecule has 5 nitrogen and oxygen atoms in total. The third kappa shape index (κ3) is 3.12. The number of hydrogen-bond acceptors (Lipinski definition) is 4. The molecule has 218 valence electrons. The van der Waals surface area contributed by atoms with Crippen LogP contribution in [0.4, 0.5) is 17.1 Å². The van der Waals surface area contributed by atoms with Gasteiger partial charge in [0.2, 0.25) is 0 Å². The van der Waals surface area contributed by atoms with Gasteiger partial charge < -0.3 is 4.90 Å². The van der Waals surface area contributed by atoms with Crippen LogP contribution in [0.15, 0.2) is 91.3 Å². The minimum absolute atomic E-state index is 0.117. The fourth-order valence-electron chi connectivity index (χ4n) is 8.39. The molecule has 9 rings (SSSR count). The summed E-state index contributed by atoms with van der Waals surface area (Å²) in [5, 5.41) is 9.47. The third-order valence-corrected chi connectivity index (χ3v) is 10.9. The van der Waals surface area contributed by atoms with Crippen molar-refractivity contribution in [2.24, 2.45) is 0 Å². The topological polar surface area (TPSA) is 57.7 Å². The highest BCUT2D eigenvalue weighted by Crippen LogP contribution is 2.66. The zero-order valence-corrected chi connectivity index (χ0v) is 26.4.